The molecule has 0 aliphatic carbocycles. The smallest absolute Gasteiger partial charge is 0.131 e. The van der Waals surface area contributed by atoms with Gasteiger partial charge in [-0.2, -0.15) is 5.10 Å². The summed E-state index contributed by atoms with van der Waals surface area (Å²) in [5, 5.41) is 14.3. The minimum atomic E-state index is 0.179. The van der Waals surface area contributed by atoms with Gasteiger partial charge in [0.1, 0.15) is 18.1 Å². The average molecular weight is 267 g/mol. The molecule has 0 atom stereocenters. The molecule has 1 heterocycles. The van der Waals surface area contributed by atoms with Gasteiger partial charge in [0, 0.05) is 13.1 Å². The molecule has 5 heteroatoms. The Labute approximate surface area is 111 Å². The van der Waals surface area contributed by atoms with E-state index in [1.54, 1.807) is 28.9 Å². The molecule has 0 amide bonds. The predicted molar refractivity (Wildman–Crippen MR) is 70.0 cm³/mol. The number of benzene rings is 1. The van der Waals surface area contributed by atoms with E-state index in [9.17, 15) is 5.11 Å². The fourth-order valence-electron chi connectivity index (χ4n) is 1.70. The summed E-state index contributed by atoms with van der Waals surface area (Å²) >= 11 is 6.21. The second-order valence-electron chi connectivity index (χ2n) is 3.97. The topological polar surface area (TPSA) is 47.3 Å². The van der Waals surface area contributed by atoms with E-state index >= 15 is 0 Å². The average Bonchev–Trinajstić information content (AvgIpc) is 2.62. The van der Waals surface area contributed by atoms with Crippen LogP contribution in [0.25, 0.3) is 0 Å². The van der Waals surface area contributed by atoms with E-state index in [1.165, 1.54) is 0 Å². The zero-order valence-electron chi connectivity index (χ0n) is 10.4. The van der Waals surface area contributed by atoms with E-state index in [1.807, 2.05) is 14.0 Å². The molecule has 2 rings (SSSR count). The van der Waals surface area contributed by atoms with Crippen LogP contribution in [-0.2, 0) is 20.1 Å². The van der Waals surface area contributed by atoms with E-state index in [0.717, 1.165) is 17.8 Å². The van der Waals surface area contributed by atoms with Gasteiger partial charge in [0.15, 0.2) is 0 Å². The van der Waals surface area contributed by atoms with Gasteiger partial charge in [-0.1, -0.05) is 24.6 Å². The number of nitrogens with zero attached hydrogens (tertiary/aromatic N) is 2. The normalized spacial score (nSPS) is 10.6. The molecule has 0 aliphatic rings. The van der Waals surface area contributed by atoms with Gasteiger partial charge in [-0.25, -0.2) is 0 Å². The Morgan fingerprint density at radius 3 is 2.83 bits per heavy atom. The van der Waals surface area contributed by atoms with Gasteiger partial charge in [0.25, 0.3) is 0 Å². The molecular weight excluding hydrogens is 252 g/mol. The first-order valence-corrected chi connectivity index (χ1v) is 6.11. The summed E-state index contributed by atoms with van der Waals surface area (Å²) in [6.07, 6.45) is 0.790. The minimum absolute atomic E-state index is 0.179. The summed E-state index contributed by atoms with van der Waals surface area (Å²) in [5.74, 6) is 0.781. The highest BCUT2D eigenvalue weighted by atomic mass is 35.5. The Kier molecular flexibility index (Phi) is 3.77. The Balaban J connectivity index is 2.13. The molecule has 0 fully saturated rings. The van der Waals surface area contributed by atoms with E-state index < -0.39 is 0 Å². The second-order valence-corrected chi connectivity index (χ2v) is 4.35. The van der Waals surface area contributed by atoms with Gasteiger partial charge >= 0.3 is 0 Å². The quantitative estimate of drug-likeness (QED) is 0.926. The van der Waals surface area contributed by atoms with Crippen molar-refractivity contribution in [3.8, 4) is 11.5 Å². The second kappa shape index (κ2) is 5.31. The molecule has 1 aromatic carbocycles. The van der Waals surface area contributed by atoms with Crippen LogP contribution >= 0.6 is 11.6 Å². The molecule has 0 radical (unpaired) electrons. The lowest BCUT2D eigenvalue weighted by molar-refractivity contribution is 0.293. The summed E-state index contributed by atoms with van der Waals surface area (Å²) in [7, 11) is 1.84. The highest BCUT2D eigenvalue weighted by Gasteiger charge is 2.13. The Bertz CT molecular complexity index is 552. The lowest BCUT2D eigenvalue weighted by atomic mass is 10.3. The van der Waals surface area contributed by atoms with E-state index in [-0.39, 0.29) is 5.75 Å². The highest BCUT2D eigenvalue weighted by molar-refractivity contribution is 6.31. The van der Waals surface area contributed by atoms with Crippen LogP contribution in [0.2, 0.25) is 5.02 Å². The molecule has 0 unspecified atom stereocenters. The highest BCUT2D eigenvalue weighted by Crippen LogP contribution is 2.23. The molecule has 0 spiro atoms. The molecular formula is C13H15ClN2O2. The summed E-state index contributed by atoms with van der Waals surface area (Å²) in [5.41, 5.74) is 1.70. The SMILES string of the molecule is CCc1nn(C)c(COc2cccc(O)c2)c1Cl. The van der Waals surface area contributed by atoms with Gasteiger partial charge < -0.3 is 9.84 Å². The van der Waals surface area contributed by atoms with Gasteiger partial charge in [-0.3, -0.25) is 4.68 Å². The van der Waals surface area contributed by atoms with E-state index in [0.29, 0.717) is 17.4 Å². The maximum Gasteiger partial charge on any atom is 0.131 e. The number of hydrogen-bond donors (Lipinski definition) is 1. The maximum atomic E-state index is 9.34. The maximum absolute atomic E-state index is 9.34. The molecule has 1 aromatic heterocycles. The number of hydrogen-bond acceptors (Lipinski definition) is 3. The van der Waals surface area contributed by atoms with Crippen LogP contribution in [0.15, 0.2) is 24.3 Å². The van der Waals surface area contributed by atoms with Crippen LogP contribution in [-0.4, -0.2) is 14.9 Å². The largest absolute Gasteiger partial charge is 0.508 e. The summed E-state index contributed by atoms with van der Waals surface area (Å²) < 4.78 is 7.31. The third kappa shape index (κ3) is 2.59. The van der Waals surface area contributed by atoms with Crippen molar-refractivity contribution in [1.29, 1.82) is 0 Å². The first kappa shape index (κ1) is 12.8. The van der Waals surface area contributed by atoms with Crippen molar-refractivity contribution >= 4 is 11.6 Å². The minimum Gasteiger partial charge on any atom is -0.508 e. The van der Waals surface area contributed by atoms with Crippen molar-refractivity contribution in [3.63, 3.8) is 0 Å². The molecule has 0 saturated heterocycles. The van der Waals surface area contributed by atoms with Crippen molar-refractivity contribution in [2.45, 2.75) is 20.0 Å². The van der Waals surface area contributed by atoms with E-state index in [2.05, 4.69) is 5.10 Å². The Morgan fingerprint density at radius 1 is 1.44 bits per heavy atom. The number of aromatic hydroxyl groups is 1. The molecule has 18 heavy (non-hydrogen) atoms. The summed E-state index contributed by atoms with van der Waals surface area (Å²) in [4.78, 5) is 0. The number of rotatable bonds is 4. The van der Waals surface area contributed by atoms with Crippen LogP contribution in [0.3, 0.4) is 0 Å². The number of aromatic nitrogens is 2. The number of ether oxygens (including phenoxy) is 1. The number of phenols is 1. The van der Waals surface area contributed by atoms with E-state index in [4.69, 9.17) is 16.3 Å². The van der Waals surface area contributed by atoms with Crippen molar-refractivity contribution in [3.05, 3.63) is 40.7 Å². The zero-order chi connectivity index (χ0) is 13.1. The third-order valence-electron chi connectivity index (χ3n) is 2.70. The summed E-state index contributed by atoms with van der Waals surface area (Å²) in [6, 6.07) is 6.67. The number of aryl methyl sites for hydroxylation is 2. The molecule has 2 aromatic rings. The van der Waals surface area contributed by atoms with Crippen molar-refractivity contribution < 1.29 is 9.84 Å². The zero-order valence-corrected chi connectivity index (χ0v) is 11.1. The lowest BCUT2D eigenvalue weighted by Gasteiger charge is -2.07. The van der Waals surface area contributed by atoms with Crippen LogP contribution in [0, 0.1) is 0 Å². The Morgan fingerprint density at radius 2 is 2.22 bits per heavy atom. The molecule has 96 valence electrons. The molecule has 0 saturated carbocycles. The lowest BCUT2D eigenvalue weighted by Crippen LogP contribution is -2.03. The van der Waals surface area contributed by atoms with Gasteiger partial charge in [-0.05, 0) is 18.6 Å². The van der Waals surface area contributed by atoms with Crippen LogP contribution in [0.4, 0.5) is 0 Å². The van der Waals surface area contributed by atoms with Gasteiger partial charge in [0.05, 0.1) is 16.4 Å². The first-order chi connectivity index (χ1) is 8.61. The van der Waals surface area contributed by atoms with Gasteiger partial charge in [-0.15, -0.1) is 0 Å². The van der Waals surface area contributed by atoms with Crippen molar-refractivity contribution in [2.75, 3.05) is 0 Å². The summed E-state index contributed by atoms with van der Waals surface area (Å²) in [6.45, 7) is 2.33. The number of phenolic OH excluding ortho intramolecular Hbond substituents is 1. The van der Waals surface area contributed by atoms with Gasteiger partial charge in [0.2, 0.25) is 0 Å². The van der Waals surface area contributed by atoms with Crippen LogP contribution in [0.1, 0.15) is 18.3 Å². The number of halogens is 1. The van der Waals surface area contributed by atoms with Crippen molar-refractivity contribution in [1.82, 2.24) is 9.78 Å². The molecule has 0 aliphatic heterocycles. The third-order valence-corrected chi connectivity index (χ3v) is 3.13. The Hall–Kier alpha value is -1.68. The standard InChI is InChI=1S/C13H15ClN2O2/c1-3-11-13(14)12(16(2)15-11)8-18-10-6-4-5-9(17)7-10/h4-7,17H,3,8H2,1-2H3. The molecule has 4 nitrogen and oxygen atoms in total. The fourth-order valence-corrected chi connectivity index (χ4v) is 2.05. The molecule has 1 N–H and O–H groups in total. The van der Waals surface area contributed by atoms with Crippen molar-refractivity contribution in [2.24, 2.45) is 7.05 Å². The monoisotopic (exact) mass is 266 g/mol. The van der Waals surface area contributed by atoms with Crippen LogP contribution < -0.4 is 4.74 Å². The van der Waals surface area contributed by atoms with Crippen LogP contribution in [0.5, 0.6) is 11.5 Å². The first-order valence-electron chi connectivity index (χ1n) is 5.74. The fraction of sp³-hybridized carbons (Fsp3) is 0.308. The predicted octanol–water partition coefficient (Wildman–Crippen LogP) is 2.92. The molecule has 0 bridgehead atoms.